The van der Waals surface area contributed by atoms with Crippen LogP contribution < -0.4 is 15.8 Å². The molecular formula is C12H19N3O2. The van der Waals surface area contributed by atoms with E-state index in [0.29, 0.717) is 17.4 Å². The van der Waals surface area contributed by atoms with Crippen molar-refractivity contribution < 1.29 is 9.47 Å². The Morgan fingerprint density at radius 3 is 3.12 bits per heavy atom. The minimum absolute atomic E-state index is 0.260. The average molecular weight is 237 g/mol. The molecule has 1 atom stereocenters. The van der Waals surface area contributed by atoms with Crippen molar-refractivity contribution in [3.8, 4) is 5.88 Å². The van der Waals surface area contributed by atoms with Crippen molar-refractivity contribution in [3.63, 3.8) is 0 Å². The topological polar surface area (TPSA) is 69.4 Å². The van der Waals surface area contributed by atoms with Gasteiger partial charge in [0.2, 0.25) is 5.88 Å². The van der Waals surface area contributed by atoms with Crippen LogP contribution in [0.25, 0.3) is 0 Å². The lowest BCUT2D eigenvalue weighted by Gasteiger charge is -2.23. The van der Waals surface area contributed by atoms with Gasteiger partial charge in [0.15, 0.2) is 5.82 Å². The summed E-state index contributed by atoms with van der Waals surface area (Å²) >= 11 is 0. The van der Waals surface area contributed by atoms with Crippen molar-refractivity contribution in [1.82, 2.24) is 4.98 Å². The van der Waals surface area contributed by atoms with E-state index in [1.807, 2.05) is 0 Å². The molecule has 1 saturated heterocycles. The highest BCUT2D eigenvalue weighted by molar-refractivity contribution is 5.61. The van der Waals surface area contributed by atoms with E-state index in [9.17, 15) is 0 Å². The maximum Gasteiger partial charge on any atom is 0.215 e. The lowest BCUT2D eigenvalue weighted by molar-refractivity contribution is 0.0247. The van der Waals surface area contributed by atoms with Crippen LogP contribution in [-0.2, 0) is 4.74 Å². The highest BCUT2D eigenvalue weighted by Crippen LogP contribution is 2.20. The number of hydrogen-bond donors (Lipinski definition) is 2. The molecule has 0 saturated carbocycles. The third-order valence-corrected chi connectivity index (χ3v) is 2.88. The van der Waals surface area contributed by atoms with Crippen LogP contribution >= 0.6 is 0 Å². The summed E-state index contributed by atoms with van der Waals surface area (Å²) in [4.78, 5) is 4.26. The molecule has 94 valence electrons. The Morgan fingerprint density at radius 1 is 1.53 bits per heavy atom. The molecule has 2 rings (SSSR count). The number of nitrogens with zero attached hydrogens (tertiary/aromatic N) is 1. The van der Waals surface area contributed by atoms with Crippen molar-refractivity contribution in [1.29, 1.82) is 0 Å². The molecule has 5 nitrogen and oxygen atoms in total. The predicted octanol–water partition coefficient (Wildman–Crippen LogP) is 1.65. The second-order valence-electron chi connectivity index (χ2n) is 4.16. The van der Waals surface area contributed by atoms with Gasteiger partial charge in [-0.3, -0.25) is 0 Å². The van der Waals surface area contributed by atoms with Gasteiger partial charge in [0, 0.05) is 19.2 Å². The van der Waals surface area contributed by atoms with Gasteiger partial charge in [-0.05, 0) is 25.3 Å². The van der Waals surface area contributed by atoms with Gasteiger partial charge in [0.1, 0.15) is 0 Å². The molecule has 0 bridgehead atoms. The maximum atomic E-state index is 5.84. The lowest BCUT2D eigenvalue weighted by atomic mass is 10.1. The zero-order valence-electron chi connectivity index (χ0n) is 10.1. The van der Waals surface area contributed by atoms with Gasteiger partial charge in [0.25, 0.3) is 0 Å². The monoisotopic (exact) mass is 237 g/mol. The number of ether oxygens (including phenoxy) is 2. The summed E-state index contributed by atoms with van der Waals surface area (Å²) in [5.74, 6) is 1.23. The quantitative estimate of drug-likeness (QED) is 0.833. The second-order valence-corrected chi connectivity index (χ2v) is 4.16. The van der Waals surface area contributed by atoms with E-state index in [1.54, 1.807) is 19.2 Å². The first kappa shape index (κ1) is 12.0. The molecule has 1 aliphatic rings. The number of nitrogen functional groups attached to an aromatic ring is 1. The zero-order chi connectivity index (χ0) is 12.1. The molecule has 0 amide bonds. The van der Waals surface area contributed by atoms with Crippen LogP contribution in [0.15, 0.2) is 12.1 Å². The van der Waals surface area contributed by atoms with Crippen LogP contribution in [0.3, 0.4) is 0 Å². The van der Waals surface area contributed by atoms with Gasteiger partial charge < -0.3 is 20.5 Å². The van der Waals surface area contributed by atoms with Gasteiger partial charge in [-0.15, -0.1) is 0 Å². The molecule has 1 aromatic rings. The SMILES string of the molecule is COc1ccc(N)c(NCC2CCCCO2)n1. The molecule has 0 aliphatic carbocycles. The summed E-state index contributed by atoms with van der Waals surface area (Å²) in [7, 11) is 1.59. The first-order chi connectivity index (χ1) is 8.29. The number of methoxy groups -OCH3 is 1. The fourth-order valence-corrected chi connectivity index (χ4v) is 1.89. The first-order valence-corrected chi connectivity index (χ1v) is 5.95. The molecule has 1 aromatic heterocycles. The number of aromatic nitrogens is 1. The van der Waals surface area contributed by atoms with Crippen molar-refractivity contribution in [2.45, 2.75) is 25.4 Å². The molecule has 2 heterocycles. The summed E-state index contributed by atoms with van der Waals surface area (Å²) in [6, 6.07) is 3.54. The largest absolute Gasteiger partial charge is 0.481 e. The smallest absolute Gasteiger partial charge is 0.215 e. The third-order valence-electron chi connectivity index (χ3n) is 2.88. The minimum atomic E-state index is 0.260. The Balaban J connectivity index is 1.92. The Kier molecular flexibility index (Phi) is 4.03. The van der Waals surface area contributed by atoms with E-state index >= 15 is 0 Å². The number of rotatable bonds is 4. The van der Waals surface area contributed by atoms with Crippen LogP contribution in [0, 0.1) is 0 Å². The highest BCUT2D eigenvalue weighted by Gasteiger charge is 2.14. The fourth-order valence-electron chi connectivity index (χ4n) is 1.89. The highest BCUT2D eigenvalue weighted by atomic mass is 16.5. The molecule has 1 unspecified atom stereocenters. The Hall–Kier alpha value is -1.49. The van der Waals surface area contributed by atoms with E-state index in [2.05, 4.69) is 10.3 Å². The second kappa shape index (κ2) is 5.72. The van der Waals surface area contributed by atoms with Crippen molar-refractivity contribution in [2.24, 2.45) is 0 Å². The number of pyridine rings is 1. The van der Waals surface area contributed by atoms with E-state index in [1.165, 1.54) is 6.42 Å². The molecule has 0 aromatic carbocycles. The van der Waals surface area contributed by atoms with E-state index < -0.39 is 0 Å². The molecule has 0 spiro atoms. The number of anilines is 2. The Morgan fingerprint density at radius 2 is 2.41 bits per heavy atom. The maximum absolute atomic E-state index is 5.84. The van der Waals surface area contributed by atoms with Crippen LogP contribution in [0.4, 0.5) is 11.5 Å². The number of nitrogens with two attached hydrogens (primary N) is 1. The van der Waals surface area contributed by atoms with Crippen LogP contribution in [0.2, 0.25) is 0 Å². The van der Waals surface area contributed by atoms with Gasteiger partial charge in [-0.1, -0.05) is 0 Å². The van der Waals surface area contributed by atoms with Crippen LogP contribution in [0.1, 0.15) is 19.3 Å². The normalized spacial score (nSPS) is 19.9. The van der Waals surface area contributed by atoms with Crippen molar-refractivity contribution in [2.75, 3.05) is 31.3 Å². The summed E-state index contributed by atoms with van der Waals surface area (Å²) in [6.45, 7) is 1.59. The lowest BCUT2D eigenvalue weighted by Crippen LogP contribution is -2.27. The van der Waals surface area contributed by atoms with Crippen molar-refractivity contribution in [3.05, 3.63) is 12.1 Å². The van der Waals surface area contributed by atoms with E-state index in [4.69, 9.17) is 15.2 Å². The number of hydrogen-bond acceptors (Lipinski definition) is 5. The van der Waals surface area contributed by atoms with Gasteiger partial charge >= 0.3 is 0 Å². The van der Waals surface area contributed by atoms with Crippen LogP contribution in [-0.4, -0.2) is 31.3 Å². The van der Waals surface area contributed by atoms with E-state index in [0.717, 1.165) is 26.0 Å². The molecule has 0 radical (unpaired) electrons. The van der Waals surface area contributed by atoms with Crippen LogP contribution in [0.5, 0.6) is 5.88 Å². The Bertz CT molecular complexity index is 365. The third kappa shape index (κ3) is 3.23. The summed E-state index contributed by atoms with van der Waals surface area (Å²) in [5.41, 5.74) is 6.46. The molecular weight excluding hydrogens is 218 g/mol. The molecule has 1 aliphatic heterocycles. The average Bonchev–Trinajstić information content (AvgIpc) is 2.39. The Labute approximate surface area is 101 Å². The minimum Gasteiger partial charge on any atom is -0.481 e. The van der Waals surface area contributed by atoms with Gasteiger partial charge in [-0.25, -0.2) is 0 Å². The standard InChI is InChI=1S/C12H19N3O2/c1-16-11-6-5-10(13)12(15-11)14-8-9-4-2-3-7-17-9/h5-6,9H,2-4,7-8,13H2,1H3,(H,14,15). The number of nitrogens with one attached hydrogen (secondary N) is 1. The van der Waals surface area contributed by atoms with Crippen molar-refractivity contribution >= 4 is 11.5 Å². The summed E-state index contributed by atoms with van der Waals surface area (Å²) in [5, 5.41) is 3.22. The summed E-state index contributed by atoms with van der Waals surface area (Å²) < 4.78 is 10.7. The first-order valence-electron chi connectivity index (χ1n) is 5.95. The molecule has 3 N–H and O–H groups in total. The summed E-state index contributed by atoms with van der Waals surface area (Å²) in [6.07, 6.45) is 3.75. The van der Waals surface area contributed by atoms with Gasteiger partial charge in [0.05, 0.1) is 18.9 Å². The van der Waals surface area contributed by atoms with E-state index in [-0.39, 0.29) is 6.10 Å². The molecule has 1 fully saturated rings. The molecule has 17 heavy (non-hydrogen) atoms. The fraction of sp³-hybridized carbons (Fsp3) is 0.583. The predicted molar refractivity (Wildman–Crippen MR) is 67.3 cm³/mol. The van der Waals surface area contributed by atoms with Gasteiger partial charge in [-0.2, -0.15) is 4.98 Å². The zero-order valence-corrected chi connectivity index (χ0v) is 10.1. The molecule has 5 heteroatoms.